The topological polar surface area (TPSA) is 26.3 Å². The molecule has 0 aromatic heterocycles. The van der Waals surface area contributed by atoms with Crippen molar-refractivity contribution >= 4 is 21.7 Å². The predicted octanol–water partition coefficient (Wildman–Crippen LogP) is 4.10. The van der Waals surface area contributed by atoms with E-state index in [0.29, 0.717) is 11.3 Å². The van der Waals surface area contributed by atoms with Gasteiger partial charge in [0.25, 0.3) is 0 Å². The van der Waals surface area contributed by atoms with E-state index in [-0.39, 0.29) is 5.78 Å². The Morgan fingerprint density at radius 2 is 1.67 bits per heavy atom. The van der Waals surface area contributed by atoms with Crippen LogP contribution in [-0.2, 0) is 0 Å². The Kier molecular flexibility index (Phi) is 4.15. The molecule has 0 heterocycles. The first kappa shape index (κ1) is 12.8. The van der Waals surface area contributed by atoms with Crippen molar-refractivity contribution in [3.63, 3.8) is 0 Å². The molecule has 0 aliphatic heterocycles. The van der Waals surface area contributed by atoms with E-state index in [2.05, 4.69) is 15.9 Å². The van der Waals surface area contributed by atoms with E-state index in [1.807, 2.05) is 42.5 Å². The zero-order chi connectivity index (χ0) is 13.0. The molecule has 0 aliphatic carbocycles. The molecule has 0 saturated carbocycles. The van der Waals surface area contributed by atoms with Crippen LogP contribution in [0.2, 0.25) is 0 Å². The third kappa shape index (κ3) is 3.20. The van der Waals surface area contributed by atoms with Crippen molar-refractivity contribution < 1.29 is 9.53 Å². The van der Waals surface area contributed by atoms with Crippen LogP contribution in [0.25, 0.3) is 0 Å². The zero-order valence-electron chi connectivity index (χ0n) is 9.97. The summed E-state index contributed by atoms with van der Waals surface area (Å²) in [6.45, 7) is 1.76. The third-order valence-electron chi connectivity index (χ3n) is 2.55. The van der Waals surface area contributed by atoms with Crippen molar-refractivity contribution in [1.82, 2.24) is 0 Å². The fourth-order valence-corrected chi connectivity index (χ4v) is 1.87. The first-order valence-corrected chi connectivity index (χ1v) is 6.47. The molecule has 0 fully saturated rings. The smallest absolute Gasteiger partial charge is 0.202 e. The van der Waals surface area contributed by atoms with Crippen molar-refractivity contribution in [2.75, 3.05) is 0 Å². The molecular formula is C15H13BrO2. The number of rotatable bonds is 4. The SMILES string of the molecule is C[C@H](Oc1ccc(Br)cc1)C(=O)c1ccccc1. The molecule has 2 aromatic rings. The molecule has 0 N–H and O–H groups in total. The van der Waals surface area contributed by atoms with E-state index < -0.39 is 6.10 Å². The average Bonchev–Trinajstić information content (AvgIpc) is 2.41. The van der Waals surface area contributed by atoms with Gasteiger partial charge >= 0.3 is 0 Å². The van der Waals surface area contributed by atoms with Crippen molar-refractivity contribution in [1.29, 1.82) is 0 Å². The lowest BCUT2D eigenvalue weighted by molar-refractivity contribution is 0.0818. The molecule has 2 nitrogen and oxygen atoms in total. The van der Waals surface area contributed by atoms with Crippen LogP contribution < -0.4 is 4.74 Å². The molecule has 0 radical (unpaired) electrons. The summed E-state index contributed by atoms with van der Waals surface area (Å²) in [7, 11) is 0. The van der Waals surface area contributed by atoms with Gasteiger partial charge in [-0.15, -0.1) is 0 Å². The van der Waals surface area contributed by atoms with Gasteiger partial charge in [0.15, 0.2) is 6.10 Å². The third-order valence-corrected chi connectivity index (χ3v) is 3.08. The van der Waals surface area contributed by atoms with Crippen LogP contribution in [-0.4, -0.2) is 11.9 Å². The molecule has 0 saturated heterocycles. The summed E-state index contributed by atoms with van der Waals surface area (Å²) in [4.78, 5) is 12.1. The van der Waals surface area contributed by atoms with Gasteiger partial charge < -0.3 is 4.74 Å². The Balaban J connectivity index is 2.06. The maximum atomic E-state index is 12.1. The minimum atomic E-state index is -0.492. The summed E-state index contributed by atoms with van der Waals surface area (Å²) in [5, 5.41) is 0. The lowest BCUT2D eigenvalue weighted by atomic mass is 10.1. The second kappa shape index (κ2) is 5.83. The van der Waals surface area contributed by atoms with Gasteiger partial charge in [0.05, 0.1) is 0 Å². The Morgan fingerprint density at radius 3 is 2.28 bits per heavy atom. The predicted molar refractivity (Wildman–Crippen MR) is 75.0 cm³/mol. The number of Topliss-reactive ketones (excluding diaryl/α,β-unsaturated/α-hetero) is 1. The van der Waals surface area contributed by atoms with E-state index in [4.69, 9.17) is 4.74 Å². The lowest BCUT2D eigenvalue weighted by Crippen LogP contribution is -2.23. The number of ketones is 1. The number of halogens is 1. The summed E-state index contributed by atoms with van der Waals surface area (Å²) >= 11 is 3.35. The summed E-state index contributed by atoms with van der Waals surface area (Å²) in [5.41, 5.74) is 0.669. The largest absolute Gasteiger partial charge is 0.483 e. The van der Waals surface area contributed by atoms with Crippen LogP contribution in [0.15, 0.2) is 59.1 Å². The molecule has 0 unspecified atom stereocenters. The molecule has 2 aromatic carbocycles. The fraction of sp³-hybridized carbons (Fsp3) is 0.133. The first-order valence-electron chi connectivity index (χ1n) is 5.68. The van der Waals surface area contributed by atoms with Gasteiger partial charge in [0, 0.05) is 10.0 Å². The molecule has 0 aliphatic rings. The highest BCUT2D eigenvalue weighted by Crippen LogP contribution is 2.18. The van der Waals surface area contributed by atoms with Gasteiger partial charge in [-0.3, -0.25) is 4.79 Å². The molecule has 3 heteroatoms. The van der Waals surface area contributed by atoms with Crippen LogP contribution >= 0.6 is 15.9 Å². The fourth-order valence-electron chi connectivity index (χ4n) is 1.61. The van der Waals surface area contributed by atoms with Crippen LogP contribution in [0.5, 0.6) is 5.75 Å². The Labute approximate surface area is 115 Å². The van der Waals surface area contributed by atoms with Gasteiger partial charge in [-0.25, -0.2) is 0 Å². The quantitative estimate of drug-likeness (QED) is 0.795. The van der Waals surface area contributed by atoms with Gasteiger partial charge in [-0.2, -0.15) is 0 Å². The Hall–Kier alpha value is -1.61. The Morgan fingerprint density at radius 1 is 1.06 bits per heavy atom. The van der Waals surface area contributed by atoms with Crippen molar-refractivity contribution in [3.8, 4) is 5.75 Å². The van der Waals surface area contributed by atoms with Crippen molar-refractivity contribution in [2.24, 2.45) is 0 Å². The van der Waals surface area contributed by atoms with Gasteiger partial charge in [0.1, 0.15) is 5.75 Å². The summed E-state index contributed by atoms with van der Waals surface area (Å²) in [6, 6.07) is 16.6. The maximum absolute atomic E-state index is 12.1. The van der Waals surface area contributed by atoms with E-state index in [9.17, 15) is 4.79 Å². The van der Waals surface area contributed by atoms with Crippen LogP contribution in [0.3, 0.4) is 0 Å². The summed E-state index contributed by atoms with van der Waals surface area (Å²) in [5.74, 6) is 0.675. The molecule has 1 atom stereocenters. The summed E-state index contributed by atoms with van der Waals surface area (Å²) in [6.07, 6.45) is -0.492. The molecule has 0 spiro atoms. The highest BCUT2D eigenvalue weighted by atomic mass is 79.9. The number of carbonyl (C=O) groups excluding carboxylic acids is 1. The highest BCUT2D eigenvalue weighted by Gasteiger charge is 2.16. The van der Waals surface area contributed by atoms with Gasteiger partial charge in [0.2, 0.25) is 5.78 Å². The monoisotopic (exact) mass is 304 g/mol. The van der Waals surface area contributed by atoms with E-state index in [1.165, 1.54) is 0 Å². The highest BCUT2D eigenvalue weighted by molar-refractivity contribution is 9.10. The minimum Gasteiger partial charge on any atom is -0.483 e. The second-order valence-electron chi connectivity index (χ2n) is 3.94. The van der Waals surface area contributed by atoms with Crippen LogP contribution in [0.4, 0.5) is 0 Å². The van der Waals surface area contributed by atoms with Gasteiger partial charge in [-0.05, 0) is 31.2 Å². The normalized spacial score (nSPS) is 11.9. The van der Waals surface area contributed by atoms with Crippen LogP contribution in [0.1, 0.15) is 17.3 Å². The van der Waals surface area contributed by atoms with Crippen molar-refractivity contribution in [3.05, 3.63) is 64.6 Å². The molecule has 2 rings (SSSR count). The zero-order valence-corrected chi connectivity index (χ0v) is 11.6. The number of benzene rings is 2. The molecule has 0 amide bonds. The van der Waals surface area contributed by atoms with E-state index >= 15 is 0 Å². The standard InChI is InChI=1S/C15H13BrO2/c1-11(15(17)12-5-3-2-4-6-12)18-14-9-7-13(16)8-10-14/h2-11H,1H3/t11-/m0/s1. The number of carbonyl (C=O) groups is 1. The molecule has 92 valence electrons. The summed E-state index contributed by atoms with van der Waals surface area (Å²) < 4.78 is 6.60. The molecule has 18 heavy (non-hydrogen) atoms. The lowest BCUT2D eigenvalue weighted by Gasteiger charge is -2.13. The first-order chi connectivity index (χ1) is 8.66. The second-order valence-corrected chi connectivity index (χ2v) is 4.86. The molecular weight excluding hydrogens is 292 g/mol. The van der Waals surface area contributed by atoms with Crippen LogP contribution in [0, 0.1) is 0 Å². The number of hydrogen-bond acceptors (Lipinski definition) is 2. The minimum absolute atomic E-state index is 0.0153. The maximum Gasteiger partial charge on any atom is 0.202 e. The average molecular weight is 305 g/mol. The van der Waals surface area contributed by atoms with Crippen molar-refractivity contribution in [2.45, 2.75) is 13.0 Å². The number of ether oxygens (including phenoxy) is 1. The van der Waals surface area contributed by atoms with E-state index in [1.54, 1.807) is 19.1 Å². The van der Waals surface area contributed by atoms with Gasteiger partial charge in [-0.1, -0.05) is 46.3 Å². The number of hydrogen-bond donors (Lipinski definition) is 0. The Bertz CT molecular complexity index is 520. The molecule has 0 bridgehead atoms. The van der Waals surface area contributed by atoms with E-state index in [0.717, 1.165) is 4.47 Å².